The van der Waals surface area contributed by atoms with Gasteiger partial charge in [-0.3, -0.25) is 19.1 Å². The van der Waals surface area contributed by atoms with Crippen molar-refractivity contribution in [3.8, 4) is 0 Å². The van der Waals surface area contributed by atoms with Gasteiger partial charge in [0.1, 0.15) is 6.33 Å². The average Bonchev–Trinajstić information content (AvgIpc) is 3.20. The van der Waals surface area contributed by atoms with Crippen LogP contribution in [-0.4, -0.2) is 67.7 Å². The Morgan fingerprint density at radius 2 is 2.29 bits per heavy atom. The molecule has 0 saturated carbocycles. The zero-order valence-electron chi connectivity index (χ0n) is 14.2. The van der Waals surface area contributed by atoms with E-state index < -0.39 is 0 Å². The van der Waals surface area contributed by atoms with Crippen LogP contribution >= 0.6 is 0 Å². The quantitative estimate of drug-likeness (QED) is 0.811. The number of morpholine rings is 1. The molecule has 1 aliphatic heterocycles. The molecule has 9 heteroatoms. The Morgan fingerprint density at radius 1 is 1.46 bits per heavy atom. The minimum atomic E-state index is -0.295. The number of carbonyl (C=O) groups excluding carboxylic acids is 1. The fourth-order valence-corrected chi connectivity index (χ4v) is 3.08. The lowest BCUT2D eigenvalue weighted by Gasteiger charge is -2.40. The first-order valence-electron chi connectivity index (χ1n) is 8.07. The number of aromatic nitrogens is 5. The van der Waals surface area contributed by atoms with E-state index in [1.54, 1.807) is 13.2 Å². The van der Waals surface area contributed by atoms with Crippen LogP contribution in [0.4, 0.5) is 0 Å². The molecule has 0 radical (unpaired) electrons. The summed E-state index contributed by atoms with van der Waals surface area (Å²) in [7, 11) is 3.65. The first kappa shape index (κ1) is 16.6. The van der Waals surface area contributed by atoms with Crippen molar-refractivity contribution in [1.29, 1.82) is 0 Å². The van der Waals surface area contributed by atoms with Crippen molar-refractivity contribution in [2.45, 2.75) is 19.1 Å². The van der Waals surface area contributed by atoms with E-state index in [-0.39, 0.29) is 23.9 Å². The van der Waals surface area contributed by atoms with Crippen molar-refractivity contribution in [1.82, 2.24) is 34.8 Å². The number of hydrogen-bond acceptors (Lipinski definition) is 6. The fraction of sp³-hybridized carbons (Fsp3) is 0.600. The van der Waals surface area contributed by atoms with Gasteiger partial charge in [0.05, 0.1) is 24.4 Å². The molecule has 1 amide bonds. The zero-order valence-corrected chi connectivity index (χ0v) is 14.2. The number of nitrogens with zero attached hydrogens (tertiary/aromatic N) is 6. The van der Waals surface area contributed by atoms with Crippen molar-refractivity contribution < 1.29 is 9.53 Å². The minimum Gasteiger partial charge on any atom is -0.373 e. The molecule has 1 N–H and O–H groups in total. The lowest BCUT2D eigenvalue weighted by Crippen LogP contribution is -2.50. The Morgan fingerprint density at radius 3 is 2.92 bits per heavy atom. The number of nitrogens with one attached hydrogen (secondary N) is 1. The summed E-state index contributed by atoms with van der Waals surface area (Å²) in [6.45, 7) is 4.93. The second-order valence-electron chi connectivity index (χ2n) is 5.81. The first-order valence-corrected chi connectivity index (χ1v) is 8.07. The molecule has 0 aromatic carbocycles. The molecule has 2 aromatic rings. The highest BCUT2D eigenvalue weighted by Gasteiger charge is 2.34. The van der Waals surface area contributed by atoms with Gasteiger partial charge in [-0.15, -0.1) is 5.10 Å². The van der Waals surface area contributed by atoms with Gasteiger partial charge in [-0.05, 0) is 12.6 Å². The summed E-state index contributed by atoms with van der Waals surface area (Å²) in [5, 5.41) is 11.2. The normalized spacial score (nSPS) is 21.8. The van der Waals surface area contributed by atoms with Crippen LogP contribution in [0.2, 0.25) is 0 Å². The van der Waals surface area contributed by atoms with Crippen LogP contribution in [0.1, 0.15) is 29.3 Å². The highest BCUT2D eigenvalue weighted by atomic mass is 16.5. The van der Waals surface area contributed by atoms with Gasteiger partial charge in [-0.2, -0.15) is 5.10 Å². The molecular weight excluding hydrogens is 310 g/mol. The van der Waals surface area contributed by atoms with Gasteiger partial charge in [0.2, 0.25) is 5.82 Å². The Labute approximate surface area is 140 Å². The van der Waals surface area contributed by atoms with Gasteiger partial charge in [-0.25, -0.2) is 4.98 Å². The smallest absolute Gasteiger partial charge is 0.291 e. The summed E-state index contributed by atoms with van der Waals surface area (Å²) < 4.78 is 9.31. The number of likely N-dealkylation sites (N-methyl/N-ethyl adjacent to an activating group) is 1. The molecule has 1 saturated heterocycles. The SMILES string of the molecule is CCN1CCO[C@@H](CNC(=O)c2ncn(C)n2)[C@@H]1c1ccnn1C. The third-order valence-corrected chi connectivity index (χ3v) is 4.29. The Kier molecular flexibility index (Phi) is 4.91. The molecular formula is C15H23N7O2. The molecule has 0 spiro atoms. The Bertz CT molecular complexity index is 696. The van der Waals surface area contributed by atoms with Crippen molar-refractivity contribution >= 4 is 5.91 Å². The monoisotopic (exact) mass is 333 g/mol. The number of carbonyl (C=O) groups is 1. The summed E-state index contributed by atoms with van der Waals surface area (Å²) in [6.07, 6.45) is 3.14. The van der Waals surface area contributed by atoms with Crippen LogP contribution in [0.25, 0.3) is 0 Å². The zero-order chi connectivity index (χ0) is 17.1. The van der Waals surface area contributed by atoms with Gasteiger partial charge >= 0.3 is 0 Å². The summed E-state index contributed by atoms with van der Waals surface area (Å²) >= 11 is 0. The average molecular weight is 333 g/mol. The van der Waals surface area contributed by atoms with E-state index in [0.717, 1.165) is 18.8 Å². The lowest BCUT2D eigenvalue weighted by molar-refractivity contribution is -0.0709. The van der Waals surface area contributed by atoms with Gasteiger partial charge in [-0.1, -0.05) is 6.92 Å². The van der Waals surface area contributed by atoms with Crippen molar-refractivity contribution in [2.24, 2.45) is 14.1 Å². The number of aryl methyl sites for hydroxylation is 2. The van der Waals surface area contributed by atoms with Crippen LogP contribution in [0.15, 0.2) is 18.6 Å². The van der Waals surface area contributed by atoms with E-state index in [4.69, 9.17) is 4.74 Å². The van der Waals surface area contributed by atoms with Crippen molar-refractivity contribution in [3.05, 3.63) is 30.1 Å². The van der Waals surface area contributed by atoms with E-state index in [2.05, 4.69) is 32.3 Å². The van der Waals surface area contributed by atoms with E-state index in [0.29, 0.717) is 13.2 Å². The van der Waals surface area contributed by atoms with E-state index in [1.807, 2.05) is 17.8 Å². The predicted octanol–water partition coefficient (Wildman–Crippen LogP) is -0.260. The summed E-state index contributed by atoms with van der Waals surface area (Å²) in [5.74, 6) is -0.130. The van der Waals surface area contributed by atoms with Crippen LogP contribution in [-0.2, 0) is 18.8 Å². The molecule has 0 bridgehead atoms. The highest BCUT2D eigenvalue weighted by molar-refractivity contribution is 5.90. The molecule has 1 aliphatic rings. The Hall–Kier alpha value is -2.26. The van der Waals surface area contributed by atoms with Gasteiger partial charge < -0.3 is 10.1 Å². The molecule has 3 rings (SSSR count). The molecule has 3 heterocycles. The van der Waals surface area contributed by atoms with E-state index >= 15 is 0 Å². The number of hydrogen-bond donors (Lipinski definition) is 1. The second kappa shape index (κ2) is 7.10. The Balaban J connectivity index is 1.72. The molecule has 24 heavy (non-hydrogen) atoms. The van der Waals surface area contributed by atoms with Crippen LogP contribution in [0.5, 0.6) is 0 Å². The number of ether oxygens (including phenoxy) is 1. The van der Waals surface area contributed by atoms with E-state index in [9.17, 15) is 4.79 Å². The van der Waals surface area contributed by atoms with Crippen molar-refractivity contribution in [3.63, 3.8) is 0 Å². The predicted molar refractivity (Wildman–Crippen MR) is 86.3 cm³/mol. The highest BCUT2D eigenvalue weighted by Crippen LogP contribution is 2.28. The van der Waals surface area contributed by atoms with Crippen LogP contribution in [0, 0.1) is 0 Å². The van der Waals surface area contributed by atoms with E-state index in [1.165, 1.54) is 11.0 Å². The largest absolute Gasteiger partial charge is 0.373 e. The third-order valence-electron chi connectivity index (χ3n) is 4.29. The third kappa shape index (κ3) is 3.31. The first-order chi connectivity index (χ1) is 11.6. The van der Waals surface area contributed by atoms with Crippen molar-refractivity contribution in [2.75, 3.05) is 26.2 Å². The molecule has 2 atom stereocenters. The van der Waals surface area contributed by atoms with Crippen LogP contribution in [0.3, 0.4) is 0 Å². The fourth-order valence-electron chi connectivity index (χ4n) is 3.08. The molecule has 2 aromatic heterocycles. The summed E-state index contributed by atoms with van der Waals surface area (Å²) in [5.41, 5.74) is 1.08. The van der Waals surface area contributed by atoms with Crippen LogP contribution < -0.4 is 5.32 Å². The molecule has 1 fully saturated rings. The number of rotatable bonds is 5. The molecule has 130 valence electrons. The maximum atomic E-state index is 12.2. The standard InChI is InChI=1S/C15H23N7O2/c1-4-22-7-8-24-12(13(22)11-5-6-18-21(11)3)9-16-15(23)14-17-10-20(2)19-14/h5-6,10,12-13H,4,7-9H2,1-3H3,(H,16,23)/t12-,13-/m0/s1. The minimum absolute atomic E-state index is 0.0493. The summed E-state index contributed by atoms with van der Waals surface area (Å²) in [6, 6.07) is 2.05. The van der Waals surface area contributed by atoms with Gasteiger partial charge in [0.15, 0.2) is 0 Å². The number of amides is 1. The van der Waals surface area contributed by atoms with Gasteiger partial charge in [0.25, 0.3) is 5.91 Å². The summed E-state index contributed by atoms with van der Waals surface area (Å²) in [4.78, 5) is 18.5. The maximum Gasteiger partial charge on any atom is 0.291 e. The topological polar surface area (TPSA) is 90.1 Å². The maximum absolute atomic E-state index is 12.2. The lowest BCUT2D eigenvalue weighted by atomic mass is 10.0. The molecule has 0 unspecified atom stereocenters. The second-order valence-corrected chi connectivity index (χ2v) is 5.81. The molecule has 0 aliphatic carbocycles. The van der Waals surface area contributed by atoms with Gasteiger partial charge in [0, 0.05) is 33.4 Å². The molecule has 9 nitrogen and oxygen atoms in total.